The third-order valence-electron chi connectivity index (χ3n) is 2.04. The Morgan fingerprint density at radius 1 is 1.50 bits per heavy atom. The molecule has 0 aromatic heterocycles. The van der Waals surface area contributed by atoms with Crippen LogP contribution >= 0.6 is 15.9 Å². The first-order chi connectivity index (χ1) is 6.54. The summed E-state index contributed by atoms with van der Waals surface area (Å²) >= 11 is 3.43. The van der Waals surface area contributed by atoms with E-state index < -0.39 is 0 Å². The number of ether oxygens (including phenoxy) is 1. The fraction of sp³-hybridized carbons (Fsp3) is 0.455. The number of rotatable bonds is 3. The van der Waals surface area contributed by atoms with E-state index >= 15 is 0 Å². The molecular formula is C11H15BrO2. The Balaban J connectivity index is 3.11. The SMILES string of the molecule is COc1c(C)cc(Br)cc1CC(C)O. The summed E-state index contributed by atoms with van der Waals surface area (Å²) < 4.78 is 6.32. The lowest BCUT2D eigenvalue weighted by Gasteiger charge is -2.13. The van der Waals surface area contributed by atoms with E-state index in [2.05, 4.69) is 15.9 Å². The normalized spacial score (nSPS) is 12.6. The van der Waals surface area contributed by atoms with E-state index in [9.17, 15) is 5.11 Å². The Hall–Kier alpha value is -0.540. The lowest BCUT2D eigenvalue weighted by atomic mass is 10.0. The van der Waals surface area contributed by atoms with Crippen molar-refractivity contribution in [1.29, 1.82) is 0 Å². The van der Waals surface area contributed by atoms with Crippen LogP contribution in [0.5, 0.6) is 5.75 Å². The van der Waals surface area contributed by atoms with Gasteiger partial charge in [-0.15, -0.1) is 0 Å². The van der Waals surface area contributed by atoms with Crippen molar-refractivity contribution < 1.29 is 9.84 Å². The minimum absolute atomic E-state index is 0.349. The fourth-order valence-corrected chi connectivity index (χ4v) is 2.18. The van der Waals surface area contributed by atoms with Gasteiger partial charge in [-0.2, -0.15) is 0 Å². The van der Waals surface area contributed by atoms with Gasteiger partial charge in [0.2, 0.25) is 0 Å². The molecule has 0 aliphatic heterocycles. The summed E-state index contributed by atoms with van der Waals surface area (Å²) in [6.07, 6.45) is 0.265. The summed E-state index contributed by atoms with van der Waals surface area (Å²) in [4.78, 5) is 0. The molecule has 0 heterocycles. The van der Waals surface area contributed by atoms with Gasteiger partial charge in [-0.1, -0.05) is 15.9 Å². The maximum Gasteiger partial charge on any atom is 0.125 e. The van der Waals surface area contributed by atoms with Gasteiger partial charge in [0.05, 0.1) is 13.2 Å². The highest BCUT2D eigenvalue weighted by Gasteiger charge is 2.09. The van der Waals surface area contributed by atoms with Gasteiger partial charge in [-0.3, -0.25) is 0 Å². The van der Waals surface area contributed by atoms with Crippen molar-refractivity contribution in [1.82, 2.24) is 0 Å². The predicted octanol–water partition coefficient (Wildman–Crippen LogP) is 2.69. The second-order valence-corrected chi connectivity index (χ2v) is 4.38. The van der Waals surface area contributed by atoms with Crippen LogP contribution in [0.1, 0.15) is 18.1 Å². The van der Waals surface area contributed by atoms with Gasteiger partial charge in [-0.05, 0) is 37.1 Å². The van der Waals surface area contributed by atoms with Gasteiger partial charge in [0, 0.05) is 10.9 Å². The minimum atomic E-state index is -0.349. The topological polar surface area (TPSA) is 29.5 Å². The van der Waals surface area contributed by atoms with Gasteiger partial charge in [0.15, 0.2) is 0 Å². The van der Waals surface area contributed by atoms with Crippen molar-refractivity contribution >= 4 is 15.9 Å². The fourth-order valence-electron chi connectivity index (χ4n) is 1.56. The zero-order chi connectivity index (χ0) is 10.7. The number of aryl methyl sites for hydroxylation is 1. The summed E-state index contributed by atoms with van der Waals surface area (Å²) in [6, 6.07) is 3.99. The molecule has 0 bridgehead atoms. The van der Waals surface area contributed by atoms with Gasteiger partial charge in [0.1, 0.15) is 5.75 Å². The van der Waals surface area contributed by atoms with Crippen LogP contribution in [0.25, 0.3) is 0 Å². The van der Waals surface area contributed by atoms with Crippen molar-refractivity contribution in [3.05, 3.63) is 27.7 Å². The van der Waals surface area contributed by atoms with E-state index in [0.29, 0.717) is 6.42 Å². The molecule has 0 fully saturated rings. The Bertz CT molecular complexity index is 321. The van der Waals surface area contributed by atoms with E-state index in [4.69, 9.17) is 4.74 Å². The standard InChI is InChI=1S/C11H15BrO2/c1-7-4-10(12)6-9(5-8(2)13)11(7)14-3/h4,6,8,13H,5H2,1-3H3. The van der Waals surface area contributed by atoms with Crippen molar-refractivity contribution in [3.63, 3.8) is 0 Å². The highest BCUT2D eigenvalue weighted by Crippen LogP contribution is 2.28. The smallest absolute Gasteiger partial charge is 0.125 e. The molecule has 0 saturated carbocycles. The van der Waals surface area contributed by atoms with E-state index in [1.807, 2.05) is 19.1 Å². The number of methoxy groups -OCH3 is 1. The first kappa shape index (κ1) is 11.5. The molecule has 0 radical (unpaired) electrons. The van der Waals surface area contributed by atoms with Gasteiger partial charge >= 0.3 is 0 Å². The number of benzene rings is 1. The molecule has 1 aromatic carbocycles. The highest BCUT2D eigenvalue weighted by molar-refractivity contribution is 9.10. The third-order valence-corrected chi connectivity index (χ3v) is 2.49. The molecule has 0 spiro atoms. The lowest BCUT2D eigenvalue weighted by Crippen LogP contribution is -2.06. The van der Waals surface area contributed by atoms with Crippen LogP contribution in [-0.4, -0.2) is 18.3 Å². The molecule has 1 N–H and O–H groups in total. The average Bonchev–Trinajstić information content (AvgIpc) is 2.01. The molecule has 0 amide bonds. The summed E-state index contributed by atoms with van der Waals surface area (Å²) in [5.41, 5.74) is 2.12. The monoisotopic (exact) mass is 258 g/mol. The highest BCUT2D eigenvalue weighted by atomic mass is 79.9. The quantitative estimate of drug-likeness (QED) is 0.904. The number of hydrogen-bond acceptors (Lipinski definition) is 2. The van der Waals surface area contributed by atoms with Crippen LogP contribution in [-0.2, 0) is 6.42 Å². The van der Waals surface area contributed by atoms with Crippen LogP contribution in [0.4, 0.5) is 0 Å². The lowest BCUT2D eigenvalue weighted by molar-refractivity contribution is 0.194. The van der Waals surface area contributed by atoms with Crippen LogP contribution in [0, 0.1) is 6.92 Å². The molecule has 1 unspecified atom stereocenters. The Morgan fingerprint density at radius 2 is 2.14 bits per heavy atom. The minimum Gasteiger partial charge on any atom is -0.496 e. The van der Waals surface area contributed by atoms with Crippen LogP contribution in [0.15, 0.2) is 16.6 Å². The average molecular weight is 259 g/mol. The number of aliphatic hydroxyl groups excluding tert-OH is 1. The molecule has 14 heavy (non-hydrogen) atoms. The predicted molar refractivity (Wildman–Crippen MR) is 60.8 cm³/mol. The largest absolute Gasteiger partial charge is 0.496 e. The molecule has 1 atom stereocenters. The second kappa shape index (κ2) is 4.80. The molecule has 1 aromatic rings. The number of aliphatic hydroxyl groups is 1. The molecule has 1 rings (SSSR count). The molecule has 0 aliphatic carbocycles. The molecule has 3 heteroatoms. The molecule has 2 nitrogen and oxygen atoms in total. The van der Waals surface area contributed by atoms with Gasteiger partial charge in [0.25, 0.3) is 0 Å². The number of halogens is 1. The van der Waals surface area contributed by atoms with Crippen LogP contribution in [0.2, 0.25) is 0 Å². The second-order valence-electron chi connectivity index (χ2n) is 3.47. The summed E-state index contributed by atoms with van der Waals surface area (Å²) in [5.74, 6) is 0.870. The molecule has 0 aliphatic rings. The zero-order valence-corrected chi connectivity index (χ0v) is 10.3. The van der Waals surface area contributed by atoms with Crippen molar-refractivity contribution in [3.8, 4) is 5.75 Å². The Labute approximate surface area is 93.0 Å². The van der Waals surface area contributed by atoms with Gasteiger partial charge < -0.3 is 9.84 Å². The maximum atomic E-state index is 9.34. The first-order valence-electron chi connectivity index (χ1n) is 4.55. The number of hydrogen-bond donors (Lipinski definition) is 1. The summed E-state index contributed by atoms with van der Waals surface area (Å²) in [6.45, 7) is 3.77. The van der Waals surface area contributed by atoms with E-state index in [0.717, 1.165) is 21.3 Å². The molecular weight excluding hydrogens is 244 g/mol. The van der Waals surface area contributed by atoms with Crippen molar-refractivity contribution in [2.75, 3.05) is 7.11 Å². The van der Waals surface area contributed by atoms with Gasteiger partial charge in [-0.25, -0.2) is 0 Å². The van der Waals surface area contributed by atoms with Crippen LogP contribution < -0.4 is 4.74 Å². The zero-order valence-electron chi connectivity index (χ0n) is 8.67. The van der Waals surface area contributed by atoms with E-state index in [-0.39, 0.29) is 6.10 Å². The molecule has 0 saturated heterocycles. The van der Waals surface area contributed by atoms with E-state index in [1.54, 1.807) is 14.0 Å². The van der Waals surface area contributed by atoms with Crippen molar-refractivity contribution in [2.24, 2.45) is 0 Å². The van der Waals surface area contributed by atoms with E-state index in [1.165, 1.54) is 0 Å². The first-order valence-corrected chi connectivity index (χ1v) is 5.35. The molecule has 78 valence electrons. The van der Waals surface area contributed by atoms with Crippen molar-refractivity contribution in [2.45, 2.75) is 26.4 Å². The summed E-state index contributed by atoms with van der Waals surface area (Å²) in [7, 11) is 1.65. The Kier molecular flexibility index (Phi) is 3.96. The Morgan fingerprint density at radius 3 is 2.64 bits per heavy atom. The maximum absolute atomic E-state index is 9.34. The summed E-state index contributed by atoms with van der Waals surface area (Å²) in [5, 5.41) is 9.34. The van der Waals surface area contributed by atoms with Crippen LogP contribution in [0.3, 0.4) is 0 Å². The third kappa shape index (κ3) is 2.72.